The zero-order valence-corrected chi connectivity index (χ0v) is 11.4. The Kier molecular flexibility index (Phi) is 3.87. The van der Waals surface area contributed by atoms with Crippen molar-refractivity contribution in [2.45, 2.75) is 37.8 Å². The van der Waals surface area contributed by atoms with Crippen LogP contribution in [-0.4, -0.2) is 15.8 Å². The van der Waals surface area contributed by atoms with E-state index in [-0.39, 0.29) is 5.69 Å². The molecule has 5 nitrogen and oxygen atoms in total. The maximum Gasteiger partial charge on any atom is 0.292 e. The predicted octanol–water partition coefficient (Wildman–Crippen LogP) is 3.42. The lowest BCUT2D eigenvalue weighted by Gasteiger charge is -2.33. The average molecular weight is 315 g/mol. The van der Waals surface area contributed by atoms with Crippen molar-refractivity contribution in [3.63, 3.8) is 0 Å². The fraction of sp³-hybridized carbons (Fsp3) is 0.500. The molecule has 18 heavy (non-hydrogen) atoms. The number of anilines is 1. The van der Waals surface area contributed by atoms with Crippen LogP contribution in [0.4, 0.5) is 11.4 Å². The first-order valence-corrected chi connectivity index (χ1v) is 6.74. The van der Waals surface area contributed by atoms with Crippen LogP contribution in [-0.2, 0) is 0 Å². The molecule has 1 saturated carbocycles. The standard InChI is InChI=1S/C12H15BrN2O3/c13-9-4-5-11(15(17)18)10(8-9)14-12(16)6-2-1-3-7-12/h4-5,8,14,16H,1-3,6-7H2. The van der Waals surface area contributed by atoms with Crippen molar-refractivity contribution in [3.05, 3.63) is 32.8 Å². The SMILES string of the molecule is O=[N+]([O-])c1ccc(Br)cc1NC1(O)CCCCC1. The van der Waals surface area contributed by atoms with Crippen LogP contribution in [0.25, 0.3) is 0 Å². The highest BCUT2D eigenvalue weighted by molar-refractivity contribution is 9.10. The molecule has 0 unspecified atom stereocenters. The second kappa shape index (κ2) is 5.24. The number of benzene rings is 1. The van der Waals surface area contributed by atoms with Crippen molar-refractivity contribution in [1.29, 1.82) is 0 Å². The molecule has 0 heterocycles. The van der Waals surface area contributed by atoms with E-state index >= 15 is 0 Å². The van der Waals surface area contributed by atoms with Gasteiger partial charge >= 0.3 is 0 Å². The van der Waals surface area contributed by atoms with Gasteiger partial charge in [0.15, 0.2) is 0 Å². The van der Waals surface area contributed by atoms with E-state index in [2.05, 4.69) is 21.2 Å². The van der Waals surface area contributed by atoms with Gasteiger partial charge in [-0.1, -0.05) is 22.4 Å². The van der Waals surface area contributed by atoms with Gasteiger partial charge in [-0.15, -0.1) is 0 Å². The van der Waals surface area contributed by atoms with Gasteiger partial charge in [0.2, 0.25) is 0 Å². The van der Waals surface area contributed by atoms with Crippen molar-refractivity contribution >= 4 is 27.3 Å². The maximum atomic E-state index is 10.9. The van der Waals surface area contributed by atoms with Crippen LogP contribution in [0.1, 0.15) is 32.1 Å². The molecule has 0 bridgehead atoms. The average Bonchev–Trinajstić information content (AvgIpc) is 2.28. The van der Waals surface area contributed by atoms with Crippen LogP contribution < -0.4 is 5.32 Å². The van der Waals surface area contributed by atoms with Crippen LogP contribution >= 0.6 is 15.9 Å². The number of nitro groups is 1. The van der Waals surface area contributed by atoms with Crippen LogP contribution in [0.5, 0.6) is 0 Å². The summed E-state index contributed by atoms with van der Waals surface area (Å²) >= 11 is 3.28. The molecule has 0 saturated heterocycles. The molecular weight excluding hydrogens is 300 g/mol. The molecule has 0 aliphatic heterocycles. The summed E-state index contributed by atoms with van der Waals surface area (Å²) in [6.07, 6.45) is 4.22. The number of halogens is 1. The summed E-state index contributed by atoms with van der Waals surface area (Å²) in [5, 5.41) is 24.3. The molecular formula is C12H15BrN2O3. The molecule has 0 radical (unpaired) electrons. The zero-order chi connectivity index (χ0) is 13.2. The molecule has 98 valence electrons. The summed E-state index contributed by atoms with van der Waals surface area (Å²) in [5.74, 6) is 0. The van der Waals surface area contributed by atoms with Crippen LogP contribution in [0, 0.1) is 10.1 Å². The fourth-order valence-electron chi connectivity index (χ4n) is 2.28. The topological polar surface area (TPSA) is 75.4 Å². The monoisotopic (exact) mass is 314 g/mol. The summed E-state index contributed by atoms with van der Waals surface area (Å²) in [6.45, 7) is 0. The Hall–Kier alpha value is -1.14. The number of nitrogens with zero attached hydrogens (tertiary/aromatic N) is 1. The molecule has 1 aliphatic rings. The molecule has 0 spiro atoms. The van der Waals surface area contributed by atoms with Gasteiger partial charge in [0.05, 0.1) is 4.92 Å². The Morgan fingerprint density at radius 3 is 2.61 bits per heavy atom. The summed E-state index contributed by atoms with van der Waals surface area (Å²) in [6, 6.07) is 4.68. The molecule has 0 aromatic heterocycles. The molecule has 6 heteroatoms. The normalized spacial score (nSPS) is 18.3. The van der Waals surface area contributed by atoms with Crippen LogP contribution in [0.2, 0.25) is 0 Å². The third-order valence-corrected chi connectivity index (χ3v) is 3.70. The maximum absolute atomic E-state index is 10.9. The van der Waals surface area contributed by atoms with Crippen molar-refractivity contribution in [3.8, 4) is 0 Å². The lowest BCUT2D eigenvalue weighted by atomic mass is 9.91. The van der Waals surface area contributed by atoms with Gasteiger partial charge in [0, 0.05) is 10.5 Å². The highest BCUT2D eigenvalue weighted by atomic mass is 79.9. The Bertz CT molecular complexity index is 459. The summed E-state index contributed by atoms with van der Waals surface area (Å²) in [4.78, 5) is 10.5. The van der Waals surface area contributed by atoms with E-state index in [0.29, 0.717) is 18.5 Å². The van der Waals surface area contributed by atoms with E-state index in [1.54, 1.807) is 12.1 Å². The van der Waals surface area contributed by atoms with Gasteiger partial charge in [0.25, 0.3) is 5.69 Å². The number of aliphatic hydroxyl groups is 1. The quantitative estimate of drug-likeness (QED) is 0.509. The Morgan fingerprint density at radius 1 is 1.33 bits per heavy atom. The largest absolute Gasteiger partial charge is 0.371 e. The van der Waals surface area contributed by atoms with E-state index in [1.165, 1.54) is 6.07 Å². The number of nitrogens with one attached hydrogen (secondary N) is 1. The summed E-state index contributed by atoms with van der Waals surface area (Å²) < 4.78 is 0.745. The minimum absolute atomic E-state index is 0.0165. The second-order valence-corrected chi connectivity index (χ2v) is 5.55. The van der Waals surface area contributed by atoms with Crippen LogP contribution in [0.3, 0.4) is 0 Å². The van der Waals surface area contributed by atoms with Crippen molar-refractivity contribution in [2.75, 3.05) is 5.32 Å². The van der Waals surface area contributed by atoms with Gasteiger partial charge in [-0.2, -0.15) is 0 Å². The molecule has 2 N–H and O–H groups in total. The molecule has 1 fully saturated rings. The number of nitro benzene ring substituents is 1. The first-order chi connectivity index (χ1) is 8.50. The molecule has 1 aromatic rings. The molecule has 2 rings (SSSR count). The molecule has 1 aliphatic carbocycles. The molecule has 1 aromatic carbocycles. The van der Waals surface area contributed by atoms with E-state index in [4.69, 9.17) is 0 Å². The lowest BCUT2D eigenvalue weighted by molar-refractivity contribution is -0.384. The van der Waals surface area contributed by atoms with Crippen molar-refractivity contribution < 1.29 is 10.0 Å². The summed E-state index contributed by atoms with van der Waals surface area (Å²) in [7, 11) is 0. The first kappa shape index (κ1) is 13.3. The molecule has 0 amide bonds. The van der Waals surface area contributed by atoms with E-state index in [0.717, 1.165) is 23.7 Å². The Morgan fingerprint density at radius 2 is 2.00 bits per heavy atom. The number of hydrogen-bond donors (Lipinski definition) is 2. The van der Waals surface area contributed by atoms with Crippen LogP contribution in [0.15, 0.2) is 22.7 Å². The predicted molar refractivity (Wildman–Crippen MR) is 72.5 cm³/mol. The fourth-order valence-corrected chi connectivity index (χ4v) is 2.64. The van der Waals surface area contributed by atoms with Crippen molar-refractivity contribution in [1.82, 2.24) is 0 Å². The van der Waals surface area contributed by atoms with Gasteiger partial charge in [-0.05, 0) is 37.8 Å². The lowest BCUT2D eigenvalue weighted by Crippen LogP contribution is -2.40. The second-order valence-electron chi connectivity index (χ2n) is 4.64. The highest BCUT2D eigenvalue weighted by Gasteiger charge is 2.31. The molecule has 0 atom stereocenters. The van der Waals surface area contributed by atoms with Gasteiger partial charge in [-0.3, -0.25) is 10.1 Å². The Balaban J connectivity index is 2.26. The van der Waals surface area contributed by atoms with Gasteiger partial charge < -0.3 is 10.4 Å². The Labute approximate surface area is 113 Å². The van der Waals surface area contributed by atoms with E-state index in [9.17, 15) is 15.2 Å². The first-order valence-electron chi connectivity index (χ1n) is 5.95. The highest BCUT2D eigenvalue weighted by Crippen LogP contribution is 2.34. The smallest absolute Gasteiger partial charge is 0.292 e. The zero-order valence-electron chi connectivity index (χ0n) is 9.86. The van der Waals surface area contributed by atoms with E-state index < -0.39 is 10.6 Å². The summed E-state index contributed by atoms with van der Waals surface area (Å²) in [5.41, 5.74) is -0.681. The minimum Gasteiger partial charge on any atom is -0.371 e. The van der Waals surface area contributed by atoms with Gasteiger partial charge in [-0.25, -0.2) is 0 Å². The number of rotatable bonds is 3. The minimum atomic E-state index is -1.02. The third-order valence-electron chi connectivity index (χ3n) is 3.20. The third kappa shape index (κ3) is 3.00. The van der Waals surface area contributed by atoms with Crippen molar-refractivity contribution in [2.24, 2.45) is 0 Å². The van der Waals surface area contributed by atoms with E-state index in [1.807, 2.05) is 0 Å². The van der Waals surface area contributed by atoms with Gasteiger partial charge in [0.1, 0.15) is 11.4 Å². The number of hydrogen-bond acceptors (Lipinski definition) is 4.